The molecule has 1 N–H and O–H groups in total. The average molecular weight is 506 g/mol. The molecule has 13 heteroatoms. The number of sulfonamides is 1. The van der Waals surface area contributed by atoms with Gasteiger partial charge in [0.1, 0.15) is 5.82 Å². The molecule has 1 aromatic carbocycles. The van der Waals surface area contributed by atoms with E-state index in [9.17, 15) is 21.6 Å². The van der Waals surface area contributed by atoms with E-state index < -0.39 is 21.8 Å². The van der Waals surface area contributed by atoms with E-state index in [0.717, 1.165) is 27.8 Å². The second kappa shape index (κ2) is 9.13. The van der Waals surface area contributed by atoms with Crippen molar-refractivity contribution in [1.29, 1.82) is 0 Å². The van der Waals surface area contributed by atoms with Crippen LogP contribution >= 0.6 is 0 Å². The van der Waals surface area contributed by atoms with Gasteiger partial charge in [-0.2, -0.15) is 13.2 Å². The molecule has 0 atom stereocenters. The number of aromatic nitrogens is 5. The second-order valence-corrected chi connectivity index (χ2v) is 9.97. The topological polar surface area (TPSA) is 106 Å². The Kier molecular flexibility index (Phi) is 6.36. The normalized spacial score (nSPS) is 12.2. The first-order chi connectivity index (χ1) is 16.4. The maximum absolute atomic E-state index is 13.7. The Morgan fingerprint density at radius 1 is 1.11 bits per heavy atom. The standard InChI is InChI=1S/C22H22F3N7O2S/c1-31-13-28-18-9-7-15(11-19(18)31)29-21-27-12-16(22(23,24)25)17(30-21)8-6-14-5-4-10-26-20(14)32(2)35(3,33)34/h4-5,7,9-13H,6,8H2,1-3H3,(H,27,29,30). The van der Waals surface area contributed by atoms with Crippen LogP contribution in [0.25, 0.3) is 11.0 Å². The summed E-state index contributed by atoms with van der Waals surface area (Å²) in [4.78, 5) is 16.3. The quantitative estimate of drug-likeness (QED) is 0.408. The second-order valence-electron chi connectivity index (χ2n) is 7.95. The van der Waals surface area contributed by atoms with E-state index in [1.807, 2.05) is 11.6 Å². The van der Waals surface area contributed by atoms with Gasteiger partial charge in [-0.05, 0) is 42.7 Å². The molecule has 9 nitrogen and oxygen atoms in total. The van der Waals surface area contributed by atoms with Gasteiger partial charge in [-0.25, -0.2) is 28.4 Å². The Balaban J connectivity index is 1.64. The first-order valence-electron chi connectivity index (χ1n) is 10.4. The first-order valence-corrected chi connectivity index (χ1v) is 12.3. The largest absolute Gasteiger partial charge is 0.419 e. The molecule has 3 aromatic heterocycles. The number of imidazole rings is 1. The highest BCUT2D eigenvalue weighted by Gasteiger charge is 2.35. The number of alkyl halides is 3. The van der Waals surface area contributed by atoms with Crippen LogP contribution in [0.3, 0.4) is 0 Å². The summed E-state index contributed by atoms with van der Waals surface area (Å²) in [5.41, 5.74) is 1.51. The lowest BCUT2D eigenvalue weighted by Crippen LogP contribution is -2.27. The number of nitrogens with one attached hydrogen (secondary N) is 1. The highest BCUT2D eigenvalue weighted by molar-refractivity contribution is 7.92. The highest BCUT2D eigenvalue weighted by Crippen LogP contribution is 2.33. The molecule has 0 bridgehead atoms. The molecule has 35 heavy (non-hydrogen) atoms. The highest BCUT2D eigenvalue weighted by atomic mass is 32.2. The molecule has 0 aliphatic carbocycles. The number of anilines is 3. The maximum atomic E-state index is 13.7. The molecular weight excluding hydrogens is 483 g/mol. The number of aryl methyl sites for hydroxylation is 3. The zero-order chi connectivity index (χ0) is 25.4. The Morgan fingerprint density at radius 2 is 1.89 bits per heavy atom. The summed E-state index contributed by atoms with van der Waals surface area (Å²) < 4.78 is 67.7. The van der Waals surface area contributed by atoms with Crippen molar-refractivity contribution in [3.63, 3.8) is 0 Å². The van der Waals surface area contributed by atoms with E-state index in [4.69, 9.17) is 0 Å². The van der Waals surface area contributed by atoms with Crippen LogP contribution in [-0.4, -0.2) is 46.2 Å². The number of benzene rings is 1. The van der Waals surface area contributed by atoms with Gasteiger partial charge in [0.2, 0.25) is 16.0 Å². The lowest BCUT2D eigenvalue weighted by Gasteiger charge is -2.19. The van der Waals surface area contributed by atoms with Crippen LogP contribution in [-0.2, 0) is 36.1 Å². The van der Waals surface area contributed by atoms with Crippen LogP contribution in [0.2, 0.25) is 0 Å². The summed E-state index contributed by atoms with van der Waals surface area (Å²) in [5, 5.41) is 2.95. The zero-order valence-electron chi connectivity index (χ0n) is 19.1. The zero-order valence-corrected chi connectivity index (χ0v) is 19.9. The third-order valence-corrected chi connectivity index (χ3v) is 6.62. The number of nitrogens with zero attached hydrogens (tertiary/aromatic N) is 6. The number of halogens is 3. The maximum Gasteiger partial charge on any atom is 0.419 e. The van der Waals surface area contributed by atoms with Crippen molar-refractivity contribution < 1.29 is 21.6 Å². The van der Waals surface area contributed by atoms with E-state index in [1.165, 1.54) is 13.2 Å². The summed E-state index contributed by atoms with van der Waals surface area (Å²) >= 11 is 0. The fourth-order valence-electron chi connectivity index (χ4n) is 3.56. The van der Waals surface area contributed by atoms with Gasteiger partial charge in [0.05, 0.1) is 34.9 Å². The number of rotatable bonds is 7. The third-order valence-electron chi connectivity index (χ3n) is 5.45. The fraction of sp³-hybridized carbons (Fsp3) is 0.273. The van der Waals surface area contributed by atoms with Crippen molar-refractivity contribution in [2.45, 2.75) is 19.0 Å². The van der Waals surface area contributed by atoms with Gasteiger partial charge in [-0.1, -0.05) is 6.07 Å². The Labute approximate surface area is 199 Å². The fourth-order valence-corrected chi connectivity index (χ4v) is 4.04. The molecule has 0 saturated heterocycles. The first kappa shape index (κ1) is 24.4. The predicted octanol–water partition coefficient (Wildman–Crippen LogP) is 3.70. The van der Waals surface area contributed by atoms with Crippen LogP contribution in [0, 0.1) is 0 Å². The molecule has 3 heterocycles. The third kappa shape index (κ3) is 5.34. The van der Waals surface area contributed by atoms with Gasteiger partial charge in [0.25, 0.3) is 0 Å². The van der Waals surface area contributed by atoms with Crippen LogP contribution < -0.4 is 9.62 Å². The van der Waals surface area contributed by atoms with E-state index in [2.05, 4.69) is 25.3 Å². The van der Waals surface area contributed by atoms with Crippen molar-refractivity contribution in [3.8, 4) is 0 Å². The SMILES string of the molecule is CN(c1ncccc1CCc1nc(Nc2ccc3ncn(C)c3c2)ncc1C(F)(F)F)S(C)(=O)=O. The van der Waals surface area contributed by atoms with Crippen LogP contribution in [0.1, 0.15) is 16.8 Å². The van der Waals surface area contributed by atoms with Crippen molar-refractivity contribution in [2.75, 3.05) is 22.9 Å². The molecule has 0 aliphatic heterocycles. The summed E-state index contributed by atoms with van der Waals surface area (Å²) in [6.07, 6.45) is 0.191. The minimum Gasteiger partial charge on any atom is -0.334 e. The van der Waals surface area contributed by atoms with Gasteiger partial charge in [-0.15, -0.1) is 0 Å². The summed E-state index contributed by atoms with van der Waals surface area (Å²) in [6, 6.07) is 8.54. The molecule has 0 saturated carbocycles. The van der Waals surface area contributed by atoms with Gasteiger partial charge < -0.3 is 9.88 Å². The van der Waals surface area contributed by atoms with Crippen molar-refractivity contribution in [2.24, 2.45) is 7.05 Å². The molecular formula is C22H22F3N7O2S. The summed E-state index contributed by atoms with van der Waals surface area (Å²) in [7, 11) is -0.425. The average Bonchev–Trinajstić information content (AvgIpc) is 3.16. The van der Waals surface area contributed by atoms with Gasteiger partial charge >= 0.3 is 6.18 Å². The minimum absolute atomic E-state index is 0.00850. The smallest absolute Gasteiger partial charge is 0.334 e. The number of hydrogen-bond donors (Lipinski definition) is 1. The van der Waals surface area contributed by atoms with Crippen molar-refractivity contribution in [1.82, 2.24) is 24.5 Å². The number of hydrogen-bond acceptors (Lipinski definition) is 7. The van der Waals surface area contributed by atoms with E-state index in [-0.39, 0.29) is 30.3 Å². The van der Waals surface area contributed by atoms with Crippen LogP contribution in [0.15, 0.2) is 49.1 Å². The summed E-state index contributed by atoms with van der Waals surface area (Å²) in [6.45, 7) is 0. The molecule has 0 spiro atoms. The number of pyridine rings is 1. The van der Waals surface area contributed by atoms with E-state index in [1.54, 1.807) is 36.7 Å². The Morgan fingerprint density at radius 3 is 2.60 bits per heavy atom. The number of fused-ring (bicyclic) bond motifs is 1. The molecule has 4 rings (SSSR count). The van der Waals surface area contributed by atoms with E-state index in [0.29, 0.717) is 11.3 Å². The van der Waals surface area contributed by atoms with Crippen LogP contribution in [0.4, 0.5) is 30.6 Å². The monoisotopic (exact) mass is 505 g/mol. The molecule has 0 amide bonds. The van der Waals surface area contributed by atoms with Gasteiger partial charge in [-0.3, -0.25) is 4.31 Å². The van der Waals surface area contributed by atoms with E-state index >= 15 is 0 Å². The molecule has 4 aromatic rings. The van der Waals surface area contributed by atoms with Crippen molar-refractivity contribution >= 4 is 38.5 Å². The molecule has 0 aliphatic rings. The predicted molar refractivity (Wildman–Crippen MR) is 126 cm³/mol. The minimum atomic E-state index is -4.65. The molecule has 184 valence electrons. The van der Waals surface area contributed by atoms with Crippen molar-refractivity contribution in [3.05, 3.63) is 65.9 Å². The lowest BCUT2D eigenvalue weighted by atomic mass is 10.1. The van der Waals surface area contributed by atoms with Crippen LogP contribution in [0.5, 0.6) is 0 Å². The Hall–Kier alpha value is -3.74. The Bertz CT molecular complexity index is 1490. The summed E-state index contributed by atoms with van der Waals surface area (Å²) in [5.74, 6) is 0.162. The lowest BCUT2D eigenvalue weighted by molar-refractivity contribution is -0.138. The molecule has 0 fully saturated rings. The molecule has 0 radical (unpaired) electrons. The van der Waals surface area contributed by atoms with Gasteiger partial charge in [0, 0.05) is 32.2 Å². The molecule has 0 unspecified atom stereocenters. The van der Waals surface area contributed by atoms with Gasteiger partial charge in [0.15, 0.2) is 0 Å².